The first-order valence-electron chi connectivity index (χ1n) is 13.6. The van der Waals surface area contributed by atoms with Gasteiger partial charge in [-0.3, -0.25) is 0 Å². The van der Waals surface area contributed by atoms with E-state index in [1.165, 1.54) is 18.2 Å². The summed E-state index contributed by atoms with van der Waals surface area (Å²) in [6.07, 6.45) is 3.54. The molecule has 0 spiro atoms. The Morgan fingerprint density at radius 1 is 0.800 bits per heavy atom. The molecule has 0 bridgehead atoms. The van der Waals surface area contributed by atoms with Gasteiger partial charge in [0, 0.05) is 19.4 Å². The zero-order chi connectivity index (χ0) is 27.9. The van der Waals surface area contributed by atoms with Gasteiger partial charge in [0.25, 0.3) is 0 Å². The summed E-state index contributed by atoms with van der Waals surface area (Å²) in [4.78, 5) is 11.2. The highest BCUT2D eigenvalue weighted by molar-refractivity contribution is 5.76. The molecule has 0 aromatic heterocycles. The number of carboxylic acids is 1. The number of fused-ring (bicyclic) bond motifs is 2. The van der Waals surface area contributed by atoms with Gasteiger partial charge in [0.15, 0.2) is 6.10 Å². The van der Waals surface area contributed by atoms with E-state index in [0.29, 0.717) is 25.4 Å². The van der Waals surface area contributed by atoms with Crippen LogP contribution in [0.3, 0.4) is 0 Å². The summed E-state index contributed by atoms with van der Waals surface area (Å²) in [7, 11) is 1.40. The highest BCUT2D eigenvalue weighted by atomic mass is 16.5. The third-order valence-electron chi connectivity index (χ3n) is 7.45. The number of aliphatic carboxylic acids is 1. The molecule has 0 radical (unpaired) electrons. The first-order valence-corrected chi connectivity index (χ1v) is 13.6. The first-order chi connectivity index (χ1) is 19.5. The maximum absolute atomic E-state index is 11.2. The summed E-state index contributed by atoms with van der Waals surface area (Å²) in [6.45, 7) is 3.03. The van der Waals surface area contributed by atoms with E-state index < -0.39 is 12.1 Å². The van der Waals surface area contributed by atoms with E-state index >= 15 is 0 Å². The van der Waals surface area contributed by atoms with Crippen LogP contribution in [0.5, 0.6) is 5.75 Å². The van der Waals surface area contributed by atoms with E-state index in [4.69, 9.17) is 14.2 Å². The minimum Gasteiger partial charge on any atom is -0.491 e. The van der Waals surface area contributed by atoms with E-state index in [-0.39, 0.29) is 12.0 Å². The van der Waals surface area contributed by atoms with E-state index in [0.717, 1.165) is 27.8 Å². The molecule has 0 fully saturated rings. The van der Waals surface area contributed by atoms with Crippen LogP contribution < -0.4 is 4.74 Å². The van der Waals surface area contributed by atoms with Crippen LogP contribution in [0.25, 0.3) is 12.2 Å². The average molecular weight is 535 g/mol. The van der Waals surface area contributed by atoms with Crippen molar-refractivity contribution in [3.05, 3.63) is 136 Å². The van der Waals surface area contributed by atoms with E-state index in [9.17, 15) is 9.90 Å². The lowest BCUT2D eigenvalue weighted by atomic mass is 9.88. The minimum atomic E-state index is -0.974. The Bertz CT molecular complexity index is 1460. The van der Waals surface area contributed by atoms with Crippen LogP contribution in [-0.4, -0.2) is 37.5 Å². The number of benzene rings is 4. The first kappa shape index (κ1) is 27.4. The SMILES string of the molecule is COC(Cc1ccc(OCCOC2c3ccccc3C=Cc3ccc(C(C)c4ccccc4)cc32)cc1)C(=O)O. The molecule has 5 heteroatoms. The van der Waals surface area contributed by atoms with Gasteiger partial charge in [-0.1, -0.05) is 104 Å². The van der Waals surface area contributed by atoms with Crippen molar-refractivity contribution in [2.45, 2.75) is 31.5 Å². The van der Waals surface area contributed by atoms with Crippen LogP contribution in [0.2, 0.25) is 0 Å². The van der Waals surface area contributed by atoms with Crippen molar-refractivity contribution < 1.29 is 24.1 Å². The molecule has 0 saturated carbocycles. The molecule has 3 atom stereocenters. The standard InChI is InChI=1S/C35H34O5/c1-24(26-8-4-3-5-9-26)29-17-16-28-15-14-27-10-6-7-11-31(27)34(32(28)23-29)40-21-20-39-30-18-12-25(13-19-30)22-33(38-2)35(36)37/h3-19,23-24,33-34H,20-22H2,1-2H3,(H,36,37). The maximum atomic E-state index is 11.2. The van der Waals surface area contributed by atoms with E-state index in [1.807, 2.05) is 30.3 Å². The molecule has 0 aliphatic heterocycles. The van der Waals surface area contributed by atoms with Crippen LogP contribution in [0, 0.1) is 0 Å². The fraction of sp³-hybridized carbons (Fsp3) is 0.229. The number of methoxy groups -OCH3 is 1. The quantitative estimate of drug-likeness (QED) is 0.207. The van der Waals surface area contributed by atoms with Crippen molar-refractivity contribution in [2.75, 3.05) is 20.3 Å². The summed E-state index contributed by atoms with van der Waals surface area (Å²) in [5.74, 6) is -0.00646. The molecule has 0 heterocycles. The fourth-order valence-corrected chi connectivity index (χ4v) is 5.14. The molecule has 40 heavy (non-hydrogen) atoms. The van der Waals surface area contributed by atoms with Crippen LogP contribution in [0.4, 0.5) is 0 Å². The number of carbonyl (C=O) groups is 1. The highest BCUT2D eigenvalue weighted by Crippen LogP contribution is 2.37. The van der Waals surface area contributed by atoms with Crippen molar-refractivity contribution in [2.24, 2.45) is 0 Å². The second-order valence-corrected chi connectivity index (χ2v) is 9.99. The molecular formula is C35H34O5. The number of carboxylic acid groups (broad SMARTS) is 1. The predicted octanol–water partition coefficient (Wildman–Crippen LogP) is 7.15. The second-order valence-electron chi connectivity index (χ2n) is 9.99. The average Bonchev–Trinajstić information content (AvgIpc) is 3.15. The highest BCUT2D eigenvalue weighted by Gasteiger charge is 2.24. The van der Waals surface area contributed by atoms with Gasteiger partial charge in [-0.05, 0) is 51.1 Å². The molecule has 5 rings (SSSR count). The number of hydrogen-bond acceptors (Lipinski definition) is 4. The summed E-state index contributed by atoms with van der Waals surface area (Å²) >= 11 is 0. The lowest BCUT2D eigenvalue weighted by Gasteiger charge is -2.23. The lowest BCUT2D eigenvalue weighted by molar-refractivity contribution is -0.148. The van der Waals surface area contributed by atoms with Gasteiger partial charge in [0.05, 0.1) is 6.61 Å². The number of ether oxygens (including phenoxy) is 3. The Hall–Kier alpha value is -4.19. The molecular weight excluding hydrogens is 500 g/mol. The molecule has 4 aromatic rings. The summed E-state index contributed by atoms with van der Waals surface area (Å²) < 4.78 is 17.6. The van der Waals surface area contributed by atoms with Crippen LogP contribution >= 0.6 is 0 Å². The van der Waals surface area contributed by atoms with Crippen LogP contribution in [-0.2, 0) is 20.7 Å². The van der Waals surface area contributed by atoms with Crippen molar-refractivity contribution >= 4 is 18.1 Å². The lowest BCUT2D eigenvalue weighted by Crippen LogP contribution is -2.24. The van der Waals surface area contributed by atoms with E-state index in [1.54, 1.807) is 0 Å². The molecule has 1 aliphatic rings. The molecule has 204 valence electrons. The Balaban J connectivity index is 1.30. The van der Waals surface area contributed by atoms with Crippen molar-refractivity contribution in [3.63, 3.8) is 0 Å². The zero-order valence-electron chi connectivity index (χ0n) is 22.8. The second kappa shape index (κ2) is 12.8. The Labute approximate surface area is 235 Å². The van der Waals surface area contributed by atoms with Gasteiger partial charge < -0.3 is 19.3 Å². The number of hydrogen-bond donors (Lipinski definition) is 1. The van der Waals surface area contributed by atoms with Gasteiger partial charge in [0.1, 0.15) is 18.5 Å². The monoisotopic (exact) mass is 534 g/mol. The third kappa shape index (κ3) is 6.33. The summed E-state index contributed by atoms with van der Waals surface area (Å²) in [5, 5.41) is 9.21. The maximum Gasteiger partial charge on any atom is 0.333 e. The minimum absolute atomic E-state index is 0.225. The smallest absolute Gasteiger partial charge is 0.333 e. The fourth-order valence-electron chi connectivity index (χ4n) is 5.14. The molecule has 0 saturated heterocycles. The normalized spacial score (nSPS) is 15.4. The van der Waals surface area contributed by atoms with Gasteiger partial charge >= 0.3 is 5.97 Å². The molecule has 1 N–H and O–H groups in total. The summed E-state index contributed by atoms with van der Waals surface area (Å²) in [6, 6.07) is 33.0. The topological polar surface area (TPSA) is 65.0 Å². The molecule has 5 nitrogen and oxygen atoms in total. The Morgan fingerprint density at radius 2 is 1.50 bits per heavy atom. The van der Waals surface area contributed by atoms with Crippen molar-refractivity contribution in [1.82, 2.24) is 0 Å². The zero-order valence-corrected chi connectivity index (χ0v) is 22.8. The van der Waals surface area contributed by atoms with Gasteiger partial charge in [-0.15, -0.1) is 0 Å². The van der Waals surface area contributed by atoms with Crippen LogP contribution in [0.15, 0.2) is 97.1 Å². The van der Waals surface area contributed by atoms with Gasteiger partial charge in [-0.25, -0.2) is 4.79 Å². The van der Waals surface area contributed by atoms with Crippen LogP contribution in [0.1, 0.15) is 57.9 Å². The van der Waals surface area contributed by atoms with Gasteiger partial charge in [0.2, 0.25) is 0 Å². The Morgan fingerprint density at radius 3 is 2.23 bits per heavy atom. The van der Waals surface area contributed by atoms with Crippen molar-refractivity contribution in [3.8, 4) is 5.75 Å². The Kier molecular flexibility index (Phi) is 8.74. The third-order valence-corrected chi connectivity index (χ3v) is 7.45. The summed E-state index contributed by atoms with van der Waals surface area (Å²) in [5.41, 5.74) is 7.99. The molecule has 3 unspecified atom stereocenters. The predicted molar refractivity (Wildman–Crippen MR) is 158 cm³/mol. The van der Waals surface area contributed by atoms with E-state index in [2.05, 4.69) is 85.8 Å². The van der Waals surface area contributed by atoms with Crippen molar-refractivity contribution in [1.29, 1.82) is 0 Å². The molecule has 1 aliphatic carbocycles. The molecule has 4 aromatic carbocycles. The molecule has 0 amide bonds. The number of rotatable bonds is 11. The largest absolute Gasteiger partial charge is 0.491 e. The van der Waals surface area contributed by atoms with Gasteiger partial charge in [-0.2, -0.15) is 0 Å².